The van der Waals surface area contributed by atoms with Crippen LogP contribution >= 0.6 is 11.6 Å². The summed E-state index contributed by atoms with van der Waals surface area (Å²) in [6, 6.07) is 13.0. The van der Waals surface area contributed by atoms with Crippen LogP contribution in [0.2, 0.25) is 5.02 Å². The molecule has 6 nitrogen and oxygen atoms in total. The minimum atomic E-state index is 0.435. The van der Waals surface area contributed by atoms with Gasteiger partial charge in [-0.2, -0.15) is 5.10 Å². The summed E-state index contributed by atoms with van der Waals surface area (Å²) in [5.74, 6) is 2.62. The number of aromatic amines is 1. The molecular weight excluding hydrogens is 328 g/mol. The van der Waals surface area contributed by atoms with Crippen molar-refractivity contribution < 1.29 is 9.47 Å². The molecule has 3 N–H and O–H groups in total. The van der Waals surface area contributed by atoms with E-state index in [2.05, 4.69) is 15.2 Å². The molecule has 1 heterocycles. The van der Waals surface area contributed by atoms with Crippen LogP contribution in [0.4, 0.5) is 5.69 Å². The molecule has 0 bridgehead atoms. The van der Waals surface area contributed by atoms with Crippen molar-refractivity contribution in [3.63, 3.8) is 0 Å². The van der Waals surface area contributed by atoms with Crippen LogP contribution in [0.25, 0.3) is 11.4 Å². The van der Waals surface area contributed by atoms with Gasteiger partial charge in [0.15, 0.2) is 5.82 Å². The van der Waals surface area contributed by atoms with Crippen molar-refractivity contribution in [1.29, 1.82) is 0 Å². The highest BCUT2D eigenvalue weighted by molar-refractivity contribution is 6.33. The maximum Gasteiger partial charge on any atom is 0.184 e. The molecule has 24 heavy (non-hydrogen) atoms. The number of anilines is 1. The molecule has 0 fully saturated rings. The zero-order valence-electron chi connectivity index (χ0n) is 13.1. The topological polar surface area (TPSA) is 86.0 Å². The van der Waals surface area contributed by atoms with E-state index in [1.54, 1.807) is 19.2 Å². The molecule has 0 spiro atoms. The number of halogens is 1. The van der Waals surface area contributed by atoms with Gasteiger partial charge in [-0.15, -0.1) is 0 Å². The fourth-order valence-corrected chi connectivity index (χ4v) is 2.39. The van der Waals surface area contributed by atoms with Crippen molar-refractivity contribution in [3.05, 3.63) is 53.3 Å². The van der Waals surface area contributed by atoms with Gasteiger partial charge >= 0.3 is 0 Å². The monoisotopic (exact) mass is 344 g/mol. The zero-order valence-corrected chi connectivity index (χ0v) is 13.9. The largest absolute Gasteiger partial charge is 0.496 e. The Bertz CT molecular complexity index is 821. The van der Waals surface area contributed by atoms with E-state index in [0.29, 0.717) is 40.9 Å². The molecule has 0 aliphatic rings. The summed E-state index contributed by atoms with van der Waals surface area (Å²) in [4.78, 5) is 4.46. The summed E-state index contributed by atoms with van der Waals surface area (Å²) in [7, 11) is 1.56. The highest BCUT2D eigenvalue weighted by Gasteiger charge is 2.14. The number of rotatable bonds is 6. The molecule has 3 aromatic rings. The average molecular weight is 345 g/mol. The fourth-order valence-electron chi connectivity index (χ4n) is 2.22. The van der Waals surface area contributed by atoms with Crippen LogP contribution in [-0.4, -0.2) is 28.9 Å². The molecule has 0 saturated heterocycles. The fraction of sp³-hybridized carbons (Fsp3) is 0.176. The van der Waals surface area contributed by atoms with Gasteiger partial charge in [0, 0.05) is 12.5 Å². The summed E-state index contributed by atoms with van der Waals surface area (Å²) < 4.78 is 11.0. The molecule has 2 aromatic carbocycles. The third-order valence-corrected chi connectivity index (χ3v) is 3.77. The lowest BCUT2D eigenvalue weighted by molar-refractivity contribution is 0.319. The second kappa shape index (κ2) is 7.23. The van der Waals surface area contributed by atoms with Crippen molar-refractivity contribution in [3.8, 4) is 22.9 Å². The Morgan fingerprint density at radius 1 is 1.21 bits per heavy atom. The van der Waals surface area contributed by atoms with Crippen molar-refractivity contribution in [2.45, 2.75) is 6.42 Å². The van der Waals surface area contributed by atoms with E-state index >= 15 is 0 Å². The van der Waals surface area contributed by atoms with E-state index in [-0.39, 0.29) is 0 Å². The van der Waals surface area contributed by atoms with E-state index in [4.69, 9.17) is 26.8 Å². The zero-order chi connectivity index (χ0) is 16.9. The van der Waals surface area contributed by atoms with Gasteiger partial charge in [-0.3, -0.25) is 5.10 Å². The van der Waals surface area contributed by atoms with E-state index in [9.17, 15) is 0 Å². The summed E-state index contributed by atoms with van der Waals surface area (Å²) in [5, 5.41) is 7.56. The third kappa shape index (κ3) is 3.60. The van der Waals surface area contributed by atoms with Crippen LogP contribution in [0.15, 0.2) is 42.5 Å². The Kier molecular flexibility index (Phi) is 4.86. The number of nitrogens with two attached hydrogens (primary N) is 1. The van der Waals surface area contributed by atoms with Gasteiger partial charge in [-0.25, -0.2) is 4.98 Å². The Hall–Kier alpha value is -2.73. The normalized spacial score (nSPS) is 10.6. The quantitative estimate of drug-likeness (QED) is 0.670. The average Bonchev–Trinajstić information content (AvgIpc) is 3.06. The van der Waals surface area contributed by atoms with Crippen molar-refractivity contribution >= 4 is 17.3 Å². The van der Waals surface area contributed by atoms with Crippen LogP contribution in [0.5, 0.6) is 11.5 Å². The SMILES string of the molecule is COc1cc(N)c(Cl)cc1-c1n[nH]c(CCOc2ccccc2)n1. The second-order valence-corrected chi connectivity index (χ2v) is 5.50. The van der Waals surface area contributed by atoms with Crippen LogP contribution in [-0.2, 0) is 6.42 Å². The van der Waals surface area contributed by atoms with Gasteiger partial charge < -0.3 is 15.2 Å². The van der Waals surface area contributed by atoms with E-state index in [1.165, 1.54) is 0 Å². The maximum atomic E-state index is 6.08. The number of nitrogens with zero attached hydrogens (tertiary/aromatic N) is 2. The first-order valence-electron chi connectivity index (χ1n) is 7.40. The first-order valence-corrected chi connectivity index (χ1v) is 7.77. The van der Waals surface area contributed by atoms with Crippen molar-refractivity contribution in [2.24, 2.45) is 0 Å². The summed E-state index contributed by atoms with van der Waals surface area (Å²) in [5.41, 5.74) is 6.92. The van der Waals surface area contributed by atoms with Crippen LogP contribution in [0.1, 0.15) is 5.82 Å². The predicted octanol–water partition coefficient (Wildman–Crippen LogP) is 3.34. The maximum absolute atomic E-state index is 6.08. The minimum Gasteiger partial charge on any atom is -0.496 e. The third-order valence-electron chi connectivity index (χ3n) is 3.44. The molecule has 0 radical (unpaired) electrons. The van der Waals surface area contributed by atoms with E-state index in [1.807, 2.05) is 30.3 Å². The second-order valence-electron chi connectivity index (χ2n) is 5.09. The van der Waals surface area contributed by atoms with Crippen molar-refractivity contribution in [2.75, 3.05) is 19.5 Å². The first kappa shape index (κ1) is 16.1. The molecule has 124 valence electrons. The number of ether oxygens (including phenoxy) is 2. The number of aromatic nitrogens is 3. The molecule has 0 aliphatic heterocycles. The molecule has 0 saturated carbocycles. The summed E-state index contributed by atoms with van der Waals surface area (Å²) in [6.45, 7) is 0.498. The highest BCUT2D eigenvalue weighted by atomic mass is 35.5. The van der Waals surface area contributed by atoms with Gasteiger partial charge in [-0.1, -0.05) is 29.8 Å². The van der Waals surface area contributed by atoms with Gasteiger partial charge in [0.25, 0.3) is 0 Å². The van der Waals surface area contributed by atoms with Crippen LogP contribution in [0.3, 0.4) is 0 Å². The number of para-hydroxylation sites is 1. The number of hydrogen-bond acceptors (Lipinski definition) is 5. The molecular formula is C17H17ClN4O2. The number of hydrogen-bond donors (Lipinski definition) is 2. The standard InChI is InChI=1S/C17H17ClN4O2/c1-23-15-10-14(19)13(18)9-12(15)17-20-16(21-22-17)7-8-24-11-5-3-2-4-6-11/h2-6,9-10H,7-8,19H2,1H3,(H,20,21,22). The molecule has 7 heteroatoms. The van der Waals surface area contributed by atoms with Gasteiger partial charge in [-0.05, 0) is 18.2 Å². The number of benzene rings is 2. The minimum absolute atomic E-state index is 0.435. The van der Waals surface area contributed by atoms with Gasteiger partial charge in [0.2, 0.25) is 0 Å². The Morgan fingerprint density at radius 2 is 2.00 bits per heavy atom. The predicted molar refractivity (Wildman–Crippen MR) is 93.4 cm³/mol. The van der Waals surface area contributed by atoms with E-state index in [0.717, 1.165) is 11.6 Å². The molecule has 0 atom stereocenters. The lowest BCUT2D eigenvalue weighted by Gasteiger charge is -2.08. The molecule has 0 unspecified atom stereocenters. The lowest BCUT2D eigenvalue weighted by atomic mass is 10.1. The van der Waals surface area contributed by atoms with Crippen molar-refractivity contribution in [1.82, 2.24) is 15.2 Å². The lowest BCUT2D eigenvalue weighted by Crippen LogP contribution is -2.02. The van der Waals surface area contributed by atoms with Crippen LogP contribution in [0, 0.1) is 0 Å². The summed E-state index contributed by atoms with van der Waals surface area (Å²) in [6.07, 6.45) is 0.604. The molecule has 1 aromatic heterocycles. The van der Waals surface area contributed by atoms with Gasteiger partial charge in [0.05, 0.1) is 30.0 Å². The first-order chi connectivity index (χ1) is 11.7. The molecule has 0 aliphatic carbocycles. The number of methoxy groups -OCH3 is 1. The Labute approximate surface area is 144 Å². The number of H-pyrrole nitrogens is 1. The Balaban J connectivity index is 1.70. The Morgan fingerprint density at radius 3 is 2.75 bits per heavy atom. The van der Waals surface area contributed by atoms with Crippen LogP contribution < -0.4 is 15.2 Å². The van der Waals surface area contributed by atoms with Gasteiger partial charge in [0.1, 0.15) is 17.3 Å². The smallest absolute Gasteiger partial charge is 0.184 e. The highest BCUT2D eigenvalue weighted by Crippen LogP contribution is 2.34. The molecule has 0 amide bonds. The number of nitrogens with one attached hydrogen (secondary N) is 1. The number of nitrogen functional groups attached to an aromatic ring is 1. The van der Waals surface area contributed by atoms with E-state index < -0.39 is 0 Å². The molecule has 3 rings (SSSR count). The summed E-state index contributed by atoms with van der Waals surface area (Å²) >= 11 is 6.08.